The van der Waals surface area contributed by atoms with Gasteiger partial charge in [0.25, 0.3) is 0 Å². The van der Waals surface area contributed by atoms with Crippen LogP contribution >= 0.6 is 62.6 Å². The Hall–Kier alpha value is 10.5. The summed E-state index contributed by atoms with van der Waals surface area (Å²) in [5, 5.41) is 0. The van der Waals surface area contributed by atoms with Gasteiger partial charge in [-0.1, -0.05) is 0 Å². The fraction of sp³-hybridized carbons (Fsp3) is 0. The minimum Gasteiger partial charge on any atom is 4.00 e. The van der Waals surface area contributed by atoms with Gasteiger partial charge in [-0.25, -0.2) is 0 Å². The molecule has 0 unspecified atom stereocenters. The maximum Gasteiger partial charge on any atom is 4.00 e. The SMILES string of the molecule is O=P([O-])([O-])[O-].O=P([O-])([O-])[O-].O=P([O-])([O-])[O-].O=P([O-])([O-])[O-].O=P([O-])([O-])[O-].O=P([O-])([O-])[O-].O=P([O-])([O-])[O-].O=P([O-])([O-])[O-].[O]=[W](=[O])([O-])[O-].[O]=[W](=[O])([O-])[O-].[O]=[W](=[O])([O-])[O-].[O]=[W](=[O])([O-])[O-].[O]=[W](=[O])([O-])[O-].[O]=[W](=[O])([O-])[O-].[O]=[W](=[O])([O-])[O-].[O]=[W](=[O])([O-])[O-].[Ti+4].[Ti+4].[Ti+4].[Ti+4].[Ti+4].[Zr+4].[Zr+4].[Zr+4].[Zr+4].[Zr+4]. The molecule has 0 N–H and O–H groups in total. The molecule has 0 aromatic rings. The summed E-state index contributed by atoms with van der Waals surface area (Å²) in [4.78, 5) is 205. The average Bonchev–Trinajstić information content (AvgIpc) is 2.70. The summed E-state index contributed by atoms with van der Waals surface area (Å²) in [5.41, 5.74) is 0. The molecule has 0 saturated carbocycles. The van der Waals surface area contributed by atoms with Crippen molar-refractivity contribution in [1.29, 1.82) is 0 Å². The van der Waals surface area contributed by atoms with Crippen LogP contribution in [0.2, 0.25) is 0 Å². The van der Waals surface area contributed by atoms with Crippen LogP contribution in [-0.2, 0) is 464 Å². The molecular weight excluding hydrogens is 3440 g/mol. The Kier molecular flexibility index (Phi) is 170. The average molecular weight is 3440 g/mol. The predicted molar refractivity (Wildman–Crippen MR) is 71.8 cm³/mol. The Balaban J connectivity index is -0.0000000201. The molecule has 0 saturated heterocycles. The van der Waals surface area contributed by atoms with Gasteiger partial charge in [0.05, 0.1) is 0 Å². The first kappa shape index (κ1) is 179. The maximum atomic E-state index is 8.65. The summed E-state index contributed by atoms with van der Waals surface area (Å²) in [6.45, 7) is 0. The molecule has 0 aromatic heterocycles. The normalized spacial score (nSPS) is 10.4. The molecule has 90 heteroatoms. The van der Waals surface area contributed by atoms with E-state index in [-0.39, 0.29) is 240 Å². The van der Waals surface area contributed by atoms with E-state index in [1.807, 2.05) is 0 Å². The molecule has 0 aromatic carbocycles. The van der Waals surface area contributed by atoms with Gasteiger partial charge in [0.2, 0.25) is 0 Å². The van der Waals surface area contributed by atoms with Gasteiger partial charge in [-0.3, -0.25) is 0 Å². The molecule has 0 rings (SSSR count). The molecule has 0 bridgehead atoms. The fourth-order valence-corrected chi connectivity index (χ4v) is 0. The Morgan fingerprint density at radius 3 is 0.133 bits per heavy atom. The molecular formula is O64P8Ti5W8Zr5. The van der Waals surface area contributed by atoms with Crippen molar-refractivity contribution in [2.45, 2.75) is 0 Å². The zero-order chi connectivity index (χ0) is 72.0. The Labute approximate surface area is 691 Å². The van der Waals surface area contributed by atoms with Crippen LogP contribution < -0.4 is 178 Å². The minimum atomic E-state index is -6.17. The first-order valence-corrected chi connectivity index (χ1v) is 61.2. The first-order chi connectivity index (χ1) is 32.0. The molecule has 90 heavy (non-hydrogen) atoms. The maximum absolute atomic E-state index is 8.65. The van der Waals surface area contributed by atoms with Gasteiger partial charge >= 0.3 is 488 Å². The third-order valence-electron chi connectivity index (χ3n) is 0. The third-order valence-corrected chi connectivity index (χ3v) is 0. The summed E-state index contributed by atoms with van der Waals surface area (Å²) in [7, 11) is -43.1. The minimum absolute atomic E-state index is 0. The van der Waals surface area contributed by atoms with Crippen molar-refractivity contribution in [1.82, 2.24) is 0 Å². The van der Waals surface area contributed by atoms with Crippen molar-refractivity contribution in [3.63, 3.8) is 0 Å². The van der Waals surface area contributed by atoms with Gasteiger partial charge in [-0.05, 0) is 0 Å². The first-order valence-electron chi connectivity index (χ1n) is 11.2. The molecule has 512 valence electrons. The quantitative estimate of drug-likeness (QED) is 0.160. The van der Waals surface area contributed by atoms with E-state index in [0.717, 1.165) is 0 Å². The smallest absolute Gasteiger partial charge is 4.00 e. The van der Waals surface area contributed by atoms with Crippen molar-refractivity contribution in [3.8, 4) is 0 Å². The third kappa shape index (κ3) is 8450. The standard InChI is InChI=1S/8H3O4P.32O.5Ti.8W.5Zr/c8*1-5(2,3)4;;;;;;;;;;;;;;;;;;;;;;;;;;;;;;;;;;;;;;;;;;;;;;;;;;/h8*(H3,1,2,3,4);;;;;;;;;;;;;;;;;;;;;;;;;;;;;;;;;;;;;;;;;;;;;;;;;;/q;;;;;;;;;;;;;;;;;;;;;;;;16*-1;5*+4;;;;;;;;;5*+4/p-24. The van der Waals surface area contributed by atoms with Gasteiger partial charge in [0.1, 0.15) is 0 Å². The van der Waals surface area contributed by atoms with E-state index in [1.165, 1.54) is 0 Å². The van der Waals surface area contributed by atoms with Crippen molar-refractivity contribution >= 4 is 62.6 Å². The zero-order valence-electron chi connectivity index (χ0n) is 38.0. The summed E-state index contributed by atoms with van der Waals surface area (Å²) in [6.07, 6.45) is 0. The van der Waals surface area contributed by atoms with E-state index in [2.05, 4.69) is 0 Å². The van der Waals surface area contributed by atoms with Crippen LogP contribution in [0.1, 0.15) is 0 Å². The van der Waals surface area contributed by atoms with Crippen LogP contribution in [0.25, 0.3) is 0 Å². The van der Waals surface area contributed by atoms with Crippen LogP contribution in [0.4, 0.5) is 0 Å². The molecule has 0 aliphatic heterocycles. The van der Waals surface area contributed by atoms with Gasteiger partial charge in [-0.2, -0.15) is 62.6 Å². The topological polar surface area (TPSA) is 1330 Å². The fourth-order valence-electron chi connectivity index (χ4n) is 0. The molecule has 64 nitrogen and oxygen atoms in total. The van der Waals surface area contributed by atoms with Crippen LogP contribution in [0.3, 0.4) is 0 Å². The molecule has 0 aliphatic carbocycles. The number of hydrogen-bond acceptors (Lipinski definition) is 64. The second kappa shape index (κ2) is 85.1. The summed E-state index contributed by atoms with van der Waals surface area (Å²) < 4.78 is 345. The molecule has 0 atom stereocenters. The second-order valence-electron chi connectivity index (χ2n) is 6.84. The van der Waals surface area contributed by atoms with Crippen molar-refractivity contribution < 1.29 is 642 Å². The van der Waals surface area contributed by atoms with Crippen molar-refractivity contribution in [2.24, 2.45) is 0 Å². The molecule has 0 radical (unpaired) electrons. The van der Waals surface area contributed by atoms with E-state index in [9.17, 15) is 0 Å². The van der Waals surface area contributed by atoms with Crippen LogP contribution in [-0.4, -0.2) is 0 Å². The van der Waals surface area contributed by atoms with Crippen molar-refractivity contribution in [3.05, 3.63) is 0 Å². The van der Waals surface area contributed by atoms with E-state index in [0.29, 0.717) is 0 Å². The Morgan fingerprint density at radius 1 is 0.133 bits per heavy atom. The number of hydrogen-bond donors (Lipinski definition) is 0. The van der Waals surface area contributed by atoms with Crippen LogP contribution in [0, 0.1) is 0 Å². The molecule has 0 amide bonds. The number of rotatable bonds is 0. The predicted octanol–water partition coefficient (Wildman–Crippen LogP) is -43.6. The van der Waals surface area contributed by atoms with Crippen molar-refractivity contribution in [2.75, 3.05) is 0 Å². The monoisotopic (exact) mass is 3430 g/mol. The Bertz CT molecular complexity index is 2150. The van der Waals surface area contributed by atoms with Crippen LogP contribution in [0.15, 0.2) is 0 Å². The van der Waals surface area contributed by atoms with Gasteiger partial charge < -0.3 is 154 Å². The largest absolute Gasteiger partial charge is 4.00 e. The van der Waals surface area contributed by atoms with E-state index < -0.39 is 197 Å². The van der Waals surface area contributed by atoms with Gasteiger partial charge in [-0.15, -0.1) is 0 Å². The Morgan fingerprint density at radius 2 is 0.133 bits per heavy atom. The molecule has 0 heterocycles. The van der Waals surface area contributed by atoms with E-state index in [4.69, 9.17) is 268 Å². The van der Waals surface area contributed by atoms with Crippen LogP contribution in [0.5, 0.6) is 0 Å². The molecule has 0 spiro atoms. The van der Waals surface area contributed by atoms with Gasteiger partial charge in [0.15, 0.2) is 0 Å². The second-order valence-corrected chi connectivity index (χ2v) is 37.5. The van der Waals surface area contributed by atoms with Gasteiger partial charge in [0, 0.05) is 0 Å². The molecule has 0 fully saturated rings. The summed E-state index contributed by atoms with van der Waals surface area (Å²) in [6, 6.07) is 0. The summed E-state index contributed by atoms with van der Waals surface area (Å²) >= 11 is -49.3. The summed E-state index contributed by atoms with van der Waals surface area (Å²) in [5.74, 6) is 0. The molecule has 0 aliphatic rings. The van der Waals surface area contributed by atoms with E-state index >= 15 is 0 Å². The zero-order valence-corrected chi connectivity index (χ0v) is 88.7. The van der Waals surface area contributed by atoms with E-state index in [1.54, 1.807) is 0 Å². The number of phosphoric acid groups is 8.